The second-order valence-corrected chi connectivity index (χ2v) is 7.33. The molecule has 1 aromatic carbocycles. The second-order valence-electron chi connectivity index (χ2n) is 7.33. The van der Waals surface area contributed by atoms with E-state index in [0.29, 0.717) is 11.7 Å². The lowest BCUT2D eigenvalue weighted by atomic mass is 10.2. The van der Waals surface area contributed by atoms with Gasteiger partial charge in [-0.3, -0.25) is 4.99 Å². The van der Waals surface area contributed by atoms with E-state index in [0.717, 1.165) is 82.0 Å². The minimum Gasteiger partial charge on any atom is -0.497 e. The normalized spacial score (nSPS) is 16.1. The lowest BCUT2D eigenvalue weighted by Crippen LogP contribution is -2.38. The summed E-state index contributed by atoms with van der Waals surface area (Å²) in [5, 5.41) is 10.8. The molecule has 0 radical (unpaired) electrons. The van der Waals surface area contributed by atoms with Gasteiger partial charge in [0.2, 0.25) is 11.7 Å². The average Bonchev–Trinajstić information content (AvgIpc) is 3.46. The molecule has 9 heteroatoms. The van der Waals surface area contributed by atoms with Crippen molar-refractivity contribution in [2.45, 2.75) is 51.6 Å². The van der Waals surface area contributed by atoms with E-state index in [-0.39, 0.29) is 30.1 Å². The van der Waals surface area contributed by atoms with E-state index in [1.807, 2.05) is 24.3 Å². The van der Waals surface area contributed by atoms with Crippen molar-refractivity contribution in [2.24, 2.45) is 4.99 Å². The number of guanidine groups is 1. The predicted octanol–water partition coefficient (Wildman–Crippen LogP) is 3.81. The molecule has 0 spiro atoms. The molecule has 8 nitrogen and oxygen atoms in total. The van der Waals surface area contributed by atoms with Crippen LogP contribution in [0.1, 0.15) is 44.9 Å². The maximum absolute atomic E-state index is 5.63. The van der Waals surface area contributed by atoms with Crippen LogP contribution in [0.5, 0.6) is 5.75 Å². The Morgan fingerprint density at radius 2 is 2.03 bits per heavy atom. The molecule has 1 unspecified atom stereocenters. The number of aromatic nitrogens is 2. The Labute approximate surface area is 201 Å². The zero-order valence-corrected chi connectivity index (χ0v) is 20.8. The van der Waals surface area contributed by atoms with E-state index in [2.05, 4.69) is 32.7 Å². The summed E-state index contributed by atoms with van der Waals surface area (Å²) in [6.07, 6.45) is 6.47. The lowest BCUT2D eigenvalue weighted by Gasteiger charge is -2.12. The number of benzene rings is 1. The van der Waals surface area contributed by atoms with Crippen molar-refractivity contribution in [1.29, 1.82) is 0 Å². The summed E-state index contributed by atoms with van der Waals surface area (Å²) in [7, 11) is 1.65. The number of hydrogen-bond acceptors (Lipinski definition) is 6. The fourth-order valence-electron chi connectivity index (χ4n) is 3.32. The standard InChI is InChI=1S/C22H33N5O3.HI/c1-3-23-22(25-16-19-8-7-15-29-19)24-14-6-4-5-9-20-26-21(27-30-20)17-10-12-18(28-2)13-11-17;/h10-13,19H,3-9,14-16H2,1-2H3,(H2,23,24,25);1H. The van der Waals surface area contributed by atoms with E-state index in [1.54, 1.807) is 7.11 Å². The summed E-state index contributed by atoms with van der Waals surface area (Å²) in [5.74, 6) is 2.98. The van der Waals surface area contributed by atoms with Crippen LogP contribution in [0.2, 0.25) is 0 Å². The molecule has 0 amide bonds. The highest BCUT2D eigenvalue weighted by Crippen LogP contribution is 2.20. The van der Waals surface area contributed by atoms with Gasteiger partial charge >= 0.3 is 0 Å². The van der Waals surface area contributed by atoms with Crippen LogP contribution < -0.4 is 15.4 Å². The summed E-state index contributed by atoms with van der Waals surface area (Å²) in [5.41, 5.74) is 0.924. The van der Waals surface area contributed by atoms with Crippen LogP contribution in [-0.4, -0.2) is 55.6 Å². The number of nitrogens with zero attached hydrogens (tertiary/aromatic N) is 3. The van der Waals surface area contributed by atoms with Gasteiger partial charge in [-0.05, 0) is 56.9 Å². The van der Waals surface area contributed by atoms with E-state index >= 15 is 0 Å². The van der Waals surface area contributed by atoms with Crippen molar-refractivity contribution in [3.63, 3.8) is 0 Å². The molecule has 1 fully saturated rings. The fourth-order valence-corrected chi connectivity index (χ4v) is 3.32. The van der Waals surface area contributed by atoms with Crippen LogP contribution in [0.25, 0.3) is 11.4 Å². The van der Waals surface area contributed by atoms with Crippen molar-refractivity contribution in [2.75, 3.05) is 33.4 Å². The number of rotatable bonds is 11. The smallest absolute Gasteiger partial charge is 0.226 e. The first-order valence-corrected chi connectivity index (χ1v) is 10.9. The highest BCUT2D eigenvalue weighted by Gasteiger charge is 2.14. The van der Waals surface area contributed by atoms with Gasteiger partial charge in [0.15, 0.2) is 5.96 Å². The Morgan fingerprint density at radius 1 is 1.19 bits per heavy atom. The van der Waals surface area contributed by atoms with Crippen LogP contribution in [0.15, 0.2) is 33.8 Å². The number of aliphatic imine (C=N–C) groups is 1. The molecule has 2 aromatic rings. The Hall–Kier alpha value is -1.88. The molecule has 1 saturated heterocycles. The van der Waals surface area contributed by atoms with Gasteiger partial charge in [-0.1, -0.05) is 11.6 Å². The molecule has 3 rings (SSSR count). The first kappa shape index (κ1) is 25.4. The zero-order chi connectivity index (χ0) is 21.0. The Morgan fingerprint density at radius 3 is 2.74 bits per heavy atom. The molecule has 1 aliphatic heterocycles. The number of unbranched alkanes of at least 4 members (excludes halogenated alkanes) is 2. The van der Waals surface area contributed by atoms with Gasteiger partial charge in [-0.15, -0.1) is 24.0 Å². The third-order valence-corrected chi connectivity index (χ3v) is 5.00. The van der Waals surface area contributed by atoms with E-state index in [4.69, 9.17) is 14.0 Å². The minimum atomic E-state index is 0. The van der Waals surface area contributed by atoms with Gasteiger partial charge in [-0.25, -0.2) is 0 Å². The van der Waals surface area contributed by atoms with Crippen molar-refractivity contribution < 1.29 is 14.0 Å². The molecule has 2 N–H and O–H groups in total. The molecule has 31 heavy (non-hydrogen) atoms. The molecular formula is C22H34IN5O3. The number of aryl methyl sites for hydroxylation is 1. The molecule has 2 heterocycles. The summed E-state index contributed by atoms with van der Waals surface area (Å²) < 4.78 is 16.2. The lowest BCUT2D eigenvalue weighted by molar-refractivity contribution is 0.117. The van der Waals surface area contributed by atoms with Crippen LogP contribution >= 0.6 is 24.0 Å². The van der Waals surface area contributed by atoms with Crippen molar-refractivity contribution in [1.82, 2.24) is 20.8 Å². The minimum absolute atomic E-state index is 0. The quantitative estimate of drug-likeness (QED) is 0.193. The molecule has 172 valence electrons. The maximum atomic E-state index is 5.63. The van der Waals surface area contributed by atoms with E-state index < -0.39 is 0 Å². The van der Waals surface area contributed by atoms with Crippen LogP contribution in [0, 0.1) is 0 Å². The van der Waals surface area contributed by atoms with Crippen molar-refractivity contribution in [3.8, 4) is 17.1 Å². The highest BCUT2D eigenvalue weighted by molar-refractivity contribution is 14.0. The highest BCUT2D eigenvalue weighted by atomic mass is 127. The van der Waals surface area contributed by atoms with Gasteiger partial charge < -0.3 is 24.6 Å². The largest absolute Gasteiger partial charge is 0.497 e. The Kier molecular flexibility index (Phi) is 11.7. The number of nitrogens with one attached hydrogen (secondary N) is 2. The van der Waals surface area contributed by atoms with E-state index in [9.17, 15) is 0 Å². The molecule has 0 saturated carbocycles. The van der Waals surface area contributed by atoms with Gasteiger partial charge in [0.05, 0.1) is 19.8 Å². The first-order valence-electron chi connectivity index (χ1n) is 10.9. The third kappa shape index (κ3) is 8.64. The van der Waals surface area contributed by atoms with Crippen molar-refractivity contribution >= 4 is 29.9 Å². The van der Waals surface area contributed by atoms with Crippen LogP contribution in [0.3, 0.4) is 0 Å². The number of ether oxygens (including phenoxy) is 2. The van der Waals surface area contributed by atoms with Gasteiger partial charge in [0.25, 0.3) is 0 Å². The number of halogens is 1. The van der Waals surface area contributed by atoms with E-state index in [1.165, 1.54) is 0 Å². The molecule has 1 aliphatic rings. The topological polar surface area (TPSA) is 93.8 Å². The van der Waals surface area contributed by atoms with Crippen molar-refractivity contribution in [3.05, 3.63) is 30.2 Å². The SMILES string of the molecule is CCNC(=NCC1CCCO1)NCCCCCc1nc(-c2ccc(OC)cc2)no1.I. The summed E-state index contributed by atoms with van der Waals surface area (Å²) in [6.45, 7) is 5.41. The molecule has 0 bridgehead atoms. The van der Waals surface area contributed by atoms with Gasteiger partial charge in [-0.2, -0.15) is 4.98 Å². The van der Waals surface area contributed by atoms with Gasteiger partial charge in [0, 0.05) is 31.7 Å². The Balaban J connectivity index is 0.00000341. The zero-order valence-electron chi connectivity index (χ0n) is 18.4. The monoisotopic (exact) mass is 543 g/mol. The maximum Gasteiger partial charge on any atom is 0.226 e. The molecular weight excluding hydrogens is 509 g/mol. The summed E-state index contributed by atoms with van der Waals surface area (Å²) >= 11 is 0. The third-order valence-electron chi connectivity index (χ3n) is 5.00. The fraction of sp³-hybridized carbons (Fsp3) is 0.591. The molecule has 0 aliphatic carbocycles. The summed E-state index contributed by atoms with van der Waals surface area (Å²) in [4.78, 5) is 9.12. The average molecular weight is 543 g/mol. The predicted molar refractivity (Wildman–Crippen MR) is 132 cm³/mol. The molecule has 1 aromatic heterocycles. The first-order chi connectivity index (χ1) is 14.8. The molecule has 1 atom stereocenters. The number of hydrogen-bond donors (Lipinski definition) is 2. The second kappa shape index (κ2) is 14.2. The summed E-state index contributed by atoms with van der Waals surface area (Å²) in [6, 6.07) is 7.65. The Bertz CT molecular complexity index is 776. The van der Waals surface area contributed by atoms with Gasteiger partial charge in [0.1, 0.15) is 5.75 Å². The van der Waals surface area contributed by atoms with Crippen LogP contribution in [-0.2, 0) is 11.2 Å². The van der Waals surface area contributed by atoms with Crippen LogP contribution in [0.4, 0.5) is 0 Å². The number of methoxy groups -OCH3 is 1.